The Balaban J connectivity index is 1.61. The van der Waals surface area contributed by atoms with Crippen LogP contribution in [0.2, 0.25) is 0 Å². The van der Waals surface area contributed by atoms with Crippen molar-refractivity contribution in [2.24, 2.45) is 5.92 Å². The van der Waals surface area contributed by atoms with Gasteiger partial charge in [0.25, 0.3) is 0 Å². The lowest BCUT2D eigenvalue weighted by Gasteiger charge is -2.30. The van der Waals surface area contributed by atoms with Gasteiger partial charge in [0.2, 0.25) is 0 Å². The molecule has 7 nitrogen and oxygen atoms in total. The van der Waals surface area contributed by atoms with E-state index in [2.05, 4.69) is 22.2 Å². The molecule has 0 amide bonds. The van der Waals surface area contributed by atoms with Crippen LogP contribution in [0.5, 0.6) is 0 Å². The molecule has 0 atom stereocenters. The quantitative estimate of drug-likeness (QED) is 0.308. The average Bonchev–Trinajstić information content (AvgIpc) is 2.88. The van der Waals surface area contributed by atoms with Gasteiger partial charge in [-0.3, -0.25) is 9.97 Å². The van der Waals surface area contributed by atoms with Gasteiger partial charge in [0.1, 0.15) is 0 Å². The minimum atomic E-state index is -0.373. The summed E-state index contributed by atoms with van der Waals surface area (Å²) in [4.78, 5) is 34.6. The van der Waals surface area contributed by atoms with Crippen molar-refractivity contribution in [3.63, 3.8) is 0 Å². The molecule has 1 aliphatic rings. The molecule has 2 aromatic heterocycles. The van der Waals surface area contributed by atoms with Crippen LogP contribution in [-0.4, -0.2) is 35.1 Å². The molecule has 192 valence electrons. The van der Waals surface area contributed by atoms with Crippen molar-refractivity contribution in [3.8, 4) is 0 Å². The van der Waals surface area contributed by atoms with Gasteiger partial charge in [0.15, 0.2) is 0 Å². The van der Waals surface area contributed by atoms with Crippen molar-refractivity contribution in [1.29, 1.82) is 0 Å². The third kappa shape index (κ3) is 7.77. The largest absolute Gasteiger partial charge is 0.462 e. The first-order valence-electron chi connectivity index (χ1n) is 12.8. The van der Waals surface area contributed by atoms with Crippen molar-refractivity contribution in [3.05, 3.63) is 82.7 Å². The fourth-order valence-electron chi connectivity index (χ4n) is 4.50. The Morgan fingerprint density at radius 3 is 1.75 bits per heavy atom. The zero-order valence-corrected chi connectivity index (χ0v) is 21.6. The van der Waals surface area contributed by atoms with Crippen LogP contribution < -0.4 is 5.32 Å². The summed E-state index contributed by atoms with van der Waals surface area (Å²) in [7, 11) is 0. The minimum absolute atomic E-state index is 0.307. The molecular weight excluding hydrogens is 454 g/mol. The van der Waals surface area contributed by atoms with Crippen LogP contribution in [0.15, 0.2) is 71.6 Å². The Bertz CT molecular complexity index is 983. The maximum absolute atomic E-state index is 13.2. The van der Waals surface area contributed by atoms with Crippen LogP contribution in [-0.2, 0) is 31.9 Å². The lowest BCUT2D eigenvalue weighted by molar-refractivity contribution is -0.140. The number of dihydropyridines is 1. The number of unbranched alkanes of at least 4 members (excludes halogenated alkanes) is 1. The van der Waals surface area contributed by atoms with E-state index in [0.717, 1.165) is 48.2 Å². The molecule has 0 radical (unpaired) electrons. The summed E-state index contributed by atoms with van der Waals surface area (Å²) in [5.74, 6) is -1.09. The van der Waals surface area contributed by atoms with Crippen molar-refractivity contribution in [2.75, 3.05) is 13.2 Å². The van der Waals surface area contributed by atoms with E-state index >= 15 is 0 Å². The predicted molar refractivity (Wildman–Crippen MR) is 139 cm³/mol. The number of carbonyl (C=O) groups excluding carboxylic acids is 2. The van der Waals surface area contributed by atoms with Gasteiger partial charge < -0.3 is 14.8 Å². The summed E-state index contributed by atoms with van der Waals surface area (Å²) >= 11 is 0. The Labute approximate surface area is 214 Å². The summed E-state index contributed by atoms with van der Waals surface area (Å²) in [5.41, 5.74) is 4.74. The predicted octanol–water partition coefficient (Wildman–Crippen LogP) is 5.09. The average molecular weight is 492 g/mol. The first kappa shape index (κ1) is 27.1. The number of hydrogen-bond acceptors (Lipinski definition) is 7. The molecule has 36 heavy (non-hydrogen) atoms. The topological polar surface area (TPSA) is 90.4 Å². The molecule has 1 N–H and O–H groups in total. The number of nitrogens with one attached hydrogen (secondary N) is 1. The van der Waals surface area contributed by atoms with E-state index in [1.807, 2.05) is 50.5 Å². The number of aromatic nitrogens is 2. The molecule has 2 aromatic rings. The molecule has 0 aromatic carbocycles. The van der Waals surface area contributed by atoms with E-state index in [4.69, 9.17) is 9.47 Å². The van der Waals surface area contributed by atoms with Crippen LogP contribution in [0.3, 0.4) is 0 Å². The van der Waals surface area contributed by atoms with Crippen LogP contribution in [0.4, 0.5) is 0 Å². The molecule has 0 spiro atoms. The molecule has 0 aliphatic carbocycles. The second kappa shape index (κ2) is 14.2. The number of nitrogens with zero attached hydrogens (tertiary/aromatic N) is 2. The number of esters is 2. The first-order chi connectivity index (χ1) is 17.5. The lowest BCUT2D eigenvalue weighted by atomic mass is 9.82. The van der Waals surface area contributed by atoms with Gasteiger partial charge in [-0.2, -0.15) is 0 Å². The van der Waals surface area contributed by atoms with Crippen LogP contribution in [0, 0.1) is 5.92 Å². The van der Waals surface area contributed by atoms with E-state index < -0.39 is 0 Å². The highest BCUT2D eigenvalue weighted by Crippen LogP contribution is 2.35. The molecule has 0 bridgehead atoms. The van der Waals surface area contributed by atoms with Crippen LogP contribution in [0.1, 0.15) is 64.0 Å². The monoisotopic (exact) mass is 491 g/mol. The summed E-state index contributed by atoms with van der Waals surface area (Å²) in [6, 6.07) is 7.82. The number of aryl methyl sites for hydroxylation is 2. The highest BCUT2D eigenvalue weighted by atomic mass is 16.5. The number of ether oxygens (including phenoxy) is 2. The molecule has 0 fully saturated rings. The van der Waals surface area contributed by atoms with E-state index in [1.165, 1.54) is 0 Å². The van der Waals surface area contributed by atoms with Gasteiger partial charge in [0.05, 0.1) is 24.4 Å². The third-order valence-electron chi connectivity index (χ3n) is 6.30. The van der Waals surface area contributed by atoms with E-state index in [1.54, 1.807) is 12.4 Å². The first-order valence-corrected chi connectivity index (χ1v) is 12.8. The normalized spacial score (nSPS) is 14.0. The van der Waals surface area contributed by atoms with E-state index in [9.17, 15) is 9.59 Å². The van der Waals surface area contributed by atoms with Crippen molar-refractivity contribution in [1.82, 2.24) is 15.3 Å². The Hall–Kier alpha value is -3.48. The molecule has 3 rings (SSSR count). The second-order valence-electron chi connectivity index (χ2n) is 9.10. The number of hydrogen-bond donors (Lipinski definition) is 1. The molecular formula is C29H37N3O4. The van der Waals surface area contributed by atoms with E-state index in [0.29, 0.717) is 43.6 Å². The molecule has 3 heterocycles. The maximum Gasteiger partial charge on any atom is 0.336 e. The molecule has 7 heteroatoms. The zero-order valence-electron chi connectivity index (χ0n) is 21.6. The molecule has 1 aliphatic heterocycles. The summed E-state index contributed by atoms with van der Waals surface area (Å²) in [5, 5.41) is 3.22. The molecule has 0 saturated carbocycles. The highest BCUT2D eigenvalue weighted by Gasteiger charge is 2.36. The zero-order chi connectivity index (χ0) is 25.8. The molecule has 0 unspecified atom stereocenters. The Kier molecular flexibility index (Phi) is 10.7. The lowest BCUT2D eigenvalue weighted by Crippen LogP contribution is -2.34. The van der Waals surface area contributed by atoms with Gasteiger partial charge in [0, 0.05) is 42.1 Å². The minimum Gasteiger partial charge on any atom is -0.462 e. The second-order valence-corrected chi connectivity index (χ2v) is 9.10. The summed E-state index contributed by atoms with van der Waals surface area (Å²) < 4.78 is 11.3. The highest BCUT2D eigenvalue weighted by molar-refractivity contribution is 5.97. The fraction of sp³-hybridized carbons (Fsp3) is 0.448. The van der Waals surface area contributed by atoms with Gasteiger partial charge in [-0.05, 0) is 69.2 Å². The smallest absolute Gasteiger partial charge is 0.336 e. The standard InChI is InChI=1S/C29H37N3O4/c1-4-5-14-25-26(28(33)35-17-8-12-23-10-6-15-30-19-23)21(2)32-22(3)27(25)29(34)36-18-9-13-24-11-7-16-31-20-24/h6-7,10-11,15-16,19-20,25,32H,4-5,8-9,12-14,17-18H2,1-3H3. The number of carbonyl (C=O) groups is 2. The van der Waals surface area contributed by atoms with Gasteiger partial charge in [-0.25, -0.2) is 9.59 Å². The Morgan fingerprint density at radius 1 is 0.833 bits per heavy atom. The van der Waals surface area contributed by atoms with Gasteiger partial charge >= 0.3 is 11.9 Å². The number of allylic oxidation sites excluding steroid dienone is 2. The van der Waals surface area contributed by atoms with Gasteiger partial charge in [-0.15, -0.1) is 0 Å². The van der Waals surface area contributed by atoms with E-state index in [-0.39, 0.29) is 17.9 Å². The third-order valence-corrected chi connectivity index (χ3v) is 6.30. The fourth-order valence-corrected chi connectivity index (χ4v) is 4.50. The van der Waals surface area contributed by atoms with Gasteiger partial charge in [-0.1, -0.05) is 31.9 Å². The van der Waals surface area contributed by atoms with Crippen LogP contribution in [0.25, 0.3) is 0 Å². The summed E-state index contributed by atoms with van der Waals surface area (Å²) in [6.45, 7) is 6.44. The van der Waals surface area contributed by atoms with Crippen molar-refractivity contribution >= 4 is 11.9 Å². The van der Waals surface area contributed by atoms with Crippen molar-refractivity contribution < 1.29 is 19.1 Å². The summed E-state index contributed by atoms with van der Waals surface area (Å²) in [6.07, 6.45) is 12.6. The SMILES string of the molecule is CCCCC1C(C(=O)OCCCc2cccnc2)=C(C)NC(C)=C1C(=O)OCCCc1cccnc1. The maximum atomic E-state index is 13.2. The Morgan fingerprint density at radius 2 is 1.33 bits per heavy atom. The number of pyridine rings is 2. The molecule has 0 saturated heterocycles. The van der Waals surface area contributed by atoms with Crippen molar-refractivity contribution in [2.45, 2.75) is 65.7 Å². The van der Waals surface area contributed by atoms with Crippen LogP contribution >= 0.6 is 0 Å². The number of rotatable bonds is 13.